The molecule has 0 saturated carbocycles. The van der Waals surface area contributed by atoms with Gasteiger partial charge in [0.1, 0.15) is 5.75 Å². The Kier molecular flexibility index (Phi) is 2.55. The Balaban J connectivity index is 2.66. The molecule has 15 heavy (non-hydrogen) atoms. The van der Waals surface area contributed by atoms with E-state index in [1.54, 1.807) is 19.1 Å². The fraction of sp³-hybridized carbons (Fsp3) is 0.167. The number of phenolic OH excluding ortho intramolecular Hbond substituents is 1. The van der Waals surface area contributed by atoms with Gasteiger partial charge >= 0.3 is 0 Å². The predicted molar refractivity (Wildman–Crippen MR) is 61.3 cm³/mol. The van der Waals surface area contributed by atoms with E-state index < -0.39 is 6.10 Å². The van der Waals surface area contributed by atoms with Crippen molar-refractivity contribution in [3.63, 3.8) is 0 Å². The monoisotopic (exact) mass is 222 g/mol. The van der Waals surface area contributed by atoms with Crippen molar-refractivity contribution in [3.8, 4) is 5.75 Å². The van der Waals surface area contributed by atoms with E-state index >= 15 is 0 Å². The first kappa shape index (κ1) is 10.3. The molecule has 2 rings (SSSR count). The Morgan fingerprint density at radius 1 is 1.13 bits per heavy atom. The highest BCUT2D eigenvalue weighted by Gasteiger charge is 2.05. The van der Waals surface area contributed by atoms with E-state index in [9.17, 15) is 10.2 Å². The second-order valence-corrected chi connectivity index (χ2v) is 3.99. The number of aromatic hydroxyl groups is 1. The van der Waals surface area contributed by atoms with Gasteiger partial charge < -0.3 is 10.2 Å². The van der Waals surface area contributed by atoms with Crippen LogP contribution in [-0.2, 0) is 0 Å². The van der Waals surface area contributed by atoms with Gasteiger partial charge in [0.25, 0.3) is 0 Å². The summed E-state index contributed by atoms with van der Waals surface area (Å²) in [5, 5.41) is 21.0. The molecule has 1 atom stereocenters. The Morgan fingerprint density at radius 2 is 1.87 bits per heavy atom. The summed E-state index contributed by atoms with van der Waals surface area (Å²) in [6, 6.07) is 8.86. The van der Waals surface area contributed by atoms with Gasteiger partial charge in [0.2, 0.25) is 0 Å². The summed E-state index contributed by atoms with van der Waals surface area (Å²) in [7, 11) is 0. The summed E-state index contributed by atoms with van der Waals surface area (Å²) in [5.41, 5.74) is 0.837. The summed E-state index contributed by atoms with van der Waals surface area (Å²) < 4.78 is 0. The standard InChI is InChI=1S/C12H11ClO2/c1-7(14)8-2-3-9-6-12(15)11(13)5-10(9)4-8/h2-7,14-15H,1H3. The molecule has 0 radical (unpaired) electrons. The molecule has 0 spiro atoms. The van der Waals surface area contributed by atoms with Crippen molar-refractivity contribution < 1.29 is 10.2 Å². The van der Waals surface area contributed by atoms with E-state index in [1.165, 1.54) is 0 Å². The van der Waals surface area contributed by atoms with Crippen LogP contribution in [0, 0.1) is 0 Å². The smallest absolute Gasteiger partial charge is 0.134 e. The third-order valence-corrected chi connectivity index (χ3v) is 2.72. The number of halogens is 1. The van der Waals surface area contributed by atoms with E-state index in [0.717, 1.165) is 16.3 Å². The van der Waals surface area contributed by atoms with Crippen molar-refractivity contribution in [2.45, 2.75) is 13.0 Å². The lowest BCUT2D eigenvalue weighted by atomic mass is 10.0. The average molecular weight is 223 g/mol. The maximum atomic E-state index is 9.42. The van der Waals surface area contributed by atoms with Crippen LogP contribution < -0.4 is 0 Å². The van der Waals surface area contributed by atoms with Gasteiger partial charge in [-0.25, -0.2) is 0 Å². The van der Waals surface area contributed by atoms with Crippen LogP contribution in [0.25, 0.3) is 10.8 Å². The molecule has 2 aromatic rings. The molecule has 0 aliphatic heterocycles. The van der Waals surface area contributed by atoms with E-state index in [0.29, 0.717) is 5.02 Å². The minimum Gasteiger partial charge on any atom is -0.506 e. The van der Waals surface area contributed by atoms with E-state index in [1.807, 2.05) is 18.2 Å². The molecule has 0 bridgehead atoms. The summed E-state index contributed by atoms with van der Waals surface area (Å²) in [4.78, 5) is 0. The molecule has 0 heterocycles. The topological polar surface area (TPSA) is 40.5 Å². The molecule has 0 saturated heterocycles. The maximum absolute atomic E-state index is 9.42. The van der Waals surface area contributed by atoms with Crippen molar-refractivity contribution in [2.24, 2.45) is 0 Å². The second-order valence-electron chi connectivity index (χ2n) is 3.59. The number of phenols is 1. The highest BCUT2D eigenvalue weighted by Crippen LogP contribution is 2.30. The third kappa shape index (κ3) is 1.91. The number of fused-ring (bicyclic) bond motifs is 1. The SMILES string of the molecule is CC(O)c1ccc2cc(O)c(Cl)cc2c1. The van der Waals surface area contributed by atoms with Crippen LogP contribution in [-0.4, -0.2) is 10.2 Å². The highest BCUT2D eigenvalue weighted by molar-refractivity contribution is 6.32. The maximum Gasteiger partial charge on any atom is 0.134 e. The molecule has 1 unspecified atom stereocenters. The zero-order valence-electron chi connectivity index (χ0n) is 8.24. The first-order valence-electron chi connectivity index (χ1n) is 4.68. The number of aliphatic hydroxyl groups is 1. The predicted octanol–water partition coefficient (Wildman–Crippen LogP) is 3.25. The first-order chi connectivity index (χ1) is 7.08. The van der Waals surface area contributed by atoms with E-state index in [2.05, 4.69) is 0 Å². The fourth-order valence-electron chi connectivity index (χ4n) is 1.54. The number of hydrogen-bond acceptors (Lipinski definition) is 2. The molecule has 2 nitrogen and oxygen atoms in total. The van der Waals surface area contributed by atoms with Gasteiger partial charge in [0.05, 0.1) is 11.1 Å². The summed E-state index contributed by atoms with van der Waals surface area (Å²) >= 11 is 5.81. The van der Waals surface area contributed by atoms with Crippen LogP contribution >= 0.6 is 11.6 Å². The first-order valence-corrected chi connectivity index (χ1v) is 5.06. The zero-order valence-corrected chi connectivity index (χ0v) is 8.99. The van der Waals surface area contributed by atoms with Crippen LogP contribution in [0.1, 0.15) is 18.6 Å². The molecule has 0 aliphatic carbocycles. The number of rotatable bonds is 1. The Bertz CT molecular complexity index is 506. The van der Waals surface area contributed by atoms with Gasteiger partial charge in [-0.2, -0.15) is 0 Å². The number of aliphatic hydroxyl groups excluding tert-OH is 1. The van der Waals surface area contributed by atoms with E-state index in [4.69, 9.17) is 11.6 Å². The summed E-state index contributed by atoms with van der Waals surface area (Å²) in [6.45, 7) is 1.71. The lowest BCUT2D eigenvalue weighted by Crippen LogP contribution is -1.90. The molecule has 0 aliphatic rings. The largest absolute Gasteiger partial charge is 0.506 e. The normalized spacial score (nSPS) is 13.0. The third-order valence-electron chi connectivity index (χ3n) is 2.41. The number of hydrogen-bond donors (Lipinski definition) is 2. The van der Waals surface area contributed by atoms with Crippen LogP contribution in [0.5, 0.6) is 5.75 Å². The van der Waals surface area contributed by atoms with Crippen molar-refractivity contribution in [1.82, 2.24) is 0 Å². The Hall–Kier alpha value is -1.25. The van der Waals surface area contributed by atoms with Gasteiger partial charge in [0.15, 0.2) is 0 Å². The fourth-order valence-corrected chi connectivity index (χ4v) is 1.71. The molecular formula is C12H11ClO2. The van der Waals surface area contributed by atoms with Crippen molar-refractivity contribution in [2.75, 3.05) is 0 Å². The molecule has 78 valence electrons. The quantitative estimate of drug-likeness (QED) is 0.778. The molecule has 0 aromatic heterocycles. The van der Waals surface area contributed by atoms with Gasteiger partial charge in [-0.15, -0.1) is 0 Å². The van der Waals surface area contributed by atoms with Gasteiger partial charge in [0, 0.05) is 0 Å². The van der Waals surface area contributed by atoms with Crippen molar-refractivity contribution in [1.29, 1.82) is 0 Å². The minimum absolute atomic E-state index is 0.0777. The van der Waals surface area contributed by atoms with Crippen molar-refractivity contribution >= 4 is 22.4 Å². The molecular weight excluding hydrogens is 212 g/mol. The summed E-state index contributed by atoms with van der Waals surface area (Å²) in [5.74, 6) is 0.0777. The molecule has 2 N–H and O–H groups in total. The van der Waals surface area contributed by atoms with Gasteiger partial charge in [-0.1, -0.05) is 23.7 Å². The second kappa shape index (κ2) is 3.72. The highest BCUT2D eigenvalue weighted by atomic mass is 35.5. The average Bonchev–Trinajstić information content (AvgIpc) is 2.19. The molecule has 0 amide bonds. The van der Waals surface area contributed by atoms with Crippen LogP contribution in [0.3, 0.4) is 0 Å². The van der Waals surface area contributed by atoms with Crippen LogP contribution in [0.15, 0.2) is 30.3 Å². The molecule has 2 aromatic carbocycles. The van der Waals surface area contributed by atoms with Crippen molar-refractivity contribution in [3.05, 3.63) is 40.9 Å². The van der Waals surface area contributed by atoms with Gasteiger partial charge in [-0.3, -0.25) is 0 Å². The lowest BCUT2D eigenvalue weighted by Gasteiger charge is -2.07. The minimum atomic E-state index is -0.498. The lowest BCUT2D eigenvalue weighted by molar-refractivity contribution is 0.199. The molecule has 3 heteroatoms. The van der Waals surface area contributed by atoms with Crippen LogP contribution in [0.2, 0.25) is 5.02 Å². The van der Waals surface area contributed by atoms with E-state index in [-0.39, 0.29) is 5.75 Å². The van der Waals surface area contributed by atoms with Gasteiger partial charge in [-0.05, 0) is 41.5 Å². The van der Waals surface area contributed by atoms with Crippen LogP contribution in [0.4, 0.5) is 0 Å². The Labute approximate surface area is 92.7 Å². The summed E-state index contributed by atoms with van der Waals surface area (Å²) in [6.07, 6.45) is -0.498. The number of benzene rings is 2. The Morgan fingerprint density at radius 3 is 2.53 bits per heavy atom. The zero-order chi connectivity index (χ0) is 11.0. The molecule has 0 fully saturated rings.